The molecule has 0 aromatic carbocycles. The van der Waals surface area contributed by atoms with Gasteiger partial charge in [0.25, 0.3) is 0 Å². The summed E-state index contributed by atoms with van der Waals surface area (Å²) in [6.07, 6.45) is 8.49. The number of unbranched alkanes of at least 4 members (excludes halogenated alkanes) is 1. The molecule has 1 heterocycles. The maximum atomic E-state index is 5.01. The van der Waals surface area contributed by atoms with E-state index in [9.17, 15) is 0 Å². The second-order valence-electron chi connectivity index (χ2n) is 3.49. The Morgan fingerprint density at radius 1 is 1.43 bits per heavy atom. The van der Waals surface area contributed by atoms with Gasteiger partial charge in [0.15, 0.2) is 0 Å². The van der Waals surface area contributed by atoms with Crippen molar-refractivity contribution in [3.63, 3.8) is 0 Å². The van der Waals surface area contributed by atoms with Gasteiger partial charge < -0.3 is 9.30 Å². The van der Waals surface area contributed by atoms with Crippen LogP contribution in [0.3, 0.4) is 0 Å². The lowest BCUT2D eigenvalue weighted by Gasteiger charge is -2.06. The molecule has 0 saturated carbocycles. The van der Waals surface area contributed by atoms with Crippen LogP contribution in [0.4, 0.5) is 0 Å². The van der Waals surface area contributed by atoms with E-state index in [1.54, 1.807) is 7.11 Å². The fraction of sp³-hybridized carbons (Fsp3) is 0.727. The largest absolute Gasteiger partial charge is 0.385 e. The number of hydrogen-bond donors (Lipinski definition) is 0. The lowest BCUT2D eigenvalue weighted by molar-refractivity contribution is 0.191. The van der Waals surface area contributed by atoms with Crippen LogP contribution in [0.25, 0.3) is 0 Å². The molecule has 0 radical (unpaired) electrons. The van der Waals surface area contributed by atoms with Crippen LogP contribution in [0.2, 0.25) is 0 Å². The van der Waals surface area contributed by atoms with Gasteiger partial charge in [-0.1, -0.05) is 6.92 Å². The number of aromatic nitrogens is 2. The number of methoxy groups -OCH3 is 1. The second kappa shape index (κ2) is 6.60. The third-order valence-electron chi connectivity index (χ3n) is 2.27. The van der Waals surface area contributed by atoms with E-state index in [4.69, 9.17) is 4.74 Å². The zero-order chi connectivity index (χ0) is 10.2. The molecule has 0 amide bonds. The molecule has 0 aliphatic carbocycles. The summed E-state index contributed by atoms with van der Waals surface area (Å²) >= 11 is 0. The Hall–Kier alpha value is -0.830. The van der Waals surface area contributed by atoms with Crippen molar-refractivity contribution >= 4 is 0 Å². The van der Waals surface area contributed by atoms with Crippen molar-refractivity contribution in [2.75, 3.05) is 13.7 Å². The van der Waals surface area contributed by atoms with E-state index in [2.05, 4.69) is 22.7 Å². The molecule has 0 fully saturated rings. The summed E-state index contributed by atoms with van der Waals surface area (Å²) in [5, 5.41) is 0. The molecule has 80 valence electrons. The molecule has 0 saturated heterocycles. The van der Waals surface area contributed by atoms with Crippen LogP contribution in [0.5, 0.6) is 0 Å². The first-order chi connectivity index (χ1) is 6.88. The Labute approximate surface area is 86.1 Å². The Balaban J connectivity index is 2.30. The molecule has 0 spiro atoms. The Kier molecular flexibility index (Phi) is 5.30. The van der Waals surface area contributed by atoms with Crippen LogP contribution in [0.15, 0.2) is 12.4 Å². The van der Waals surface area contributed by atoms with Crippen molar-refractivity contribution in [1.82, 2.24) is 9.55 Å². The lowest BCUT2D eigenvalue weighted by Crippen LogP contribution is -2.03. The maximum Gasteiger partial charge on any atom is 0.108 e. The molecule has 1 rings (SSSR count). The highest BCUT2D eigenvalue weighted by atomic mass is 16.5. The number of hydrogen-bond acceptors (Lipinski definition) is 2. The molecule has 3 heteroatoms. The van der Waals surface area contributed by atoms with Crippen LogP contribution in [0.1, 0.15) is 32.0 Å². The number of aryl methyl sites for hydroxylation is 2. The summed E-state index contributed by atoms with van der Waals surface area (Å²) in [4.78, 5) is 4.34. The van der Waals surface area contributed by atoms with Crippen molar-refractivity contribution in [2.24, 2.45) is 0 Å². The Morgan fingerprint density at radius 2 is 2.29 bits per heavy atom. The molecule has 0 unspecified atom stereocenters. The van der Waals surface area contributed by atoms with Gasteiger partial charge in [0.1, 0.15) is 5.82 Å². The number of ether oxygens (including phenoxy) is 1. The molecular formula is C11H20N2O. The molecule has 3 nitrogen and oxygen atoms in total. The van der Waals surface area contributed by atoms with Crippen LogP contribution < -0.4 is 0 Å². The predicted molar refractivity (Wildman–Crippen MR) is 57.3 cm³/mol. The van der Waals surface area contributed by atoms with E-state index in [0.717, 1.165) is 32.4 Å². The third-order valence-corrected chi connectivity index (χ3v) is 2.27. The first-order valence-electron chi connectivity index (χ1n) is 5.37. The minimum Gasteiger partial charge on any atom is -0.385 e. The molecular weight excluding hydrogens is 176 g/mol. The fourth-order valence-electron chi connectivity index (χ4n) is 1.52. The summed E-state index contributed by atoms with van der Waals surface area (Å²) in [6, 6.07) is 0. The van der Waals surface area contributed by atoms with E-state index < -0.39 is 0 Å². The van der Waals surface area contributed by atoms with Gasteiger partial charge in [-0.3, -0.25) is 0 Å². The summed E-state index contributed by atoms with van der Waals surface area (Å²) < 4.78 is 7.26. The van der Waals surface area contributed by atoms with Crippen LogP contribution in [0, 0.1) is 0 Å². The van der Waals surface area contributed by atoms with Gasteiger partial charge in [-0.05, 0) is 19.3 Å². The predicted octanol–water partition coefficient (Wildman–Crippen LogP) is 2.26. The van der Waals surface area contributed by atoms with Gasteiger partial charge in [-0.25, -0.2) is 4.98 Å². The summed E-state index contributed by atoms with van der Waals surface area (Å²) in [7, 11) is 1.75. The minimum atomic E-state index is 0.859. The van der Waals surface area contributed by atoms with Crippen molar-refractivity contribution in [3.05, 3.63) is 18.2 Å². The molecule has 14 heavy (non-hydrogen) atoms. The minimum absolute atomic E-state index is 0.859. The molecule has 1 aromatic heterocycles. The molecule has 0 atom stereocenters. The van der Waals surface area contributed by atoms with E-state index in [1.807, 2.05) is 6.20 Å². The normalized spacial score (nSPS) is 10.7. The van der Waals surface area contributed by atoms with E-state index in [1.165, 1.54) is 12.2 Å². The van der Waals surface area contributed by atoms with Crippen molar-refractivity contribution < 1.29 is 4.74 Å². The number of imidazole rings is 1. The first-order valence-corrected chi connectivity index (χ1v) is 5.37. The van der Waals surface area contributed by atoms with Crippen molar-refractivity contribution in [2.45, 2.75) is 39.2 Å². The summed E-state index contributed by atoms with van der Waals surface area (Å²) in [6.45, 7) is 4.11. The quantitative estimate of drug-likeness (QED) is 0.625. The van der Waals surface area contributed by atoms with Gasteiger partial charge in [0, 0.05) is 39.1 Å². The Morgan fingerprint density at radius 3 is 3.00 bits per heavy atom. The van der Waals surface area contributed by atoms with Crippen LogP contribution >= 0.6 is 0 Å². The lowest BCUT2D eigenvalue weighted by atomic mass is 10.3. The van der Waals surface area contributed by atoms with Gasteiger partial charge in [0.05, 0.1) is 0 Å². The summed E-state index contributed by atoms with van der Waals surface area (Å²) in [5.41, 5.74) is 0. The van der Waals surface area contributed by atoms with Gasteiger partial charge in [-0.15, -0.1) is 0 Å². The van der Waals surface area contributed by atoms with Gasteiger partial charge in [0.2, 0.25) is 0 Å². The van der Waals surface area contributed by atoms with Crippen LogP contribution in [-0.2, 0) is 17.7 Å². The smallest absolute Gasteiger partial charge is 0.108 e. The number of nitrogens with zero attached hydrogens (tertiary/aromatic N) is 2. The molecule has 0 N–H and O–H groups in total. The SMILES string of the molecule is CCCc1nccn1CCCCOC. The Bertz CT molecular complexity index is 245. The molecule has 0 aliphatic rings. The topological polar surface area (TPSA) is 27.1 Å². The monoisotopic (exact) mass is 196 g/mol. The highest BCUT2D eigenvalue weighted by Crippen LogP contribution is 2.03. The third kappa shape index (κ3) is 3.50. The van der Waals surface area contributed by atoms with Gasteiger partial charge in [-0.2, -0.15) is 0 Å². The molecule has 1 aromatic rings. The van der Waals surface area contributed by atoms with Crippen molar-refractivity contribution in [3.8, 4) is 0 Å². The highest BCUT2D eigenvalue weighted by molar-refractivity contribution is 4.92. The average molecular weight is 196 g/mol. The van der Waals surface area contributed by atoms with Gasteiger partial charge >= 0.3 is 0 Å². The van der Waals surface area contributed by atoms with E-state index in [-0.39, 0.29) is 0 Å². The van der Waals surface area contributed by atoms with Crippen LogP contribution in [-0.4, -0.2) is 23.3 Å². The fourth-order valence-corrected chi connectivity index (χ4v) is 1.52. The molecule has 0 aliphatic heterocycles. The zero-order valence-electron chi connectivity index (χ0n) is 9.20. The van der Waals surface area contributed by atoms with E-state index in [0.29, 0.717) is 0 Å². The first kappa shape index (κ1) is 11.2. The number of rotatable bonds is 7. The van der Waals surface area contributed by atoms with Crippen molar-refractivity contribution in [1.29, 1.82) is 0 Å². The molecule has 0 bridgehead atoms. The highest BCUT2D eigenvalue weighted by Gasteiger charge is 2.00. The van der Waals surface area contributed by atoms with E-state index >= 15 is 0 Å². The maximum absolute atomic E-state index is 5.01. The standard InChI is InChI=1S/C11H20N2O/c1-3-6-11-12-7-9-13(11)8-4-5-10-14-2/h7,9H,3-6,8,10H2,1-2H3. The summed E-state index contributed by atoms with van der Waals surface area (Å²) in [5.74, 6) is 1.21. The second-order valence-corrected chi connectivity index (χ2v) is 3.49. The zero-order valence-corrected chi connectivity index (χ0v) is 9.20. The average Bonchev–Trinajstić information content (AvgIpc) is 2.61.